The molecule has 0 aliphatic heterocycles. The third kappa shape index (κ3) is 3.01. The molecule has 1 unspecified atom stereocenters. The Bertz CT molecular complexity index is 1050. The molecule has 3 aromatic rings. The molecule has 29 heavy (non-hydrogen) atoms. The first-order chi connectivity index (χ1) is 14.0. The van der Waals surface area contributed by atoms with E-state index < -0.39 is 17.4 Å². The zero-order chi connectivity index (χ0) is 20.6. The van der Waals surface area contributed by atoms with E-state index in [1.807, 2.05) is 30.3 Å². The molecule has 150 valence electrons. The Balaban J connectivity index is 1.93. The summed E-state index contributed by atoms with van der Waals surface area (Å²) >= 11 is 0. The van der Waals surface area contributed by atoms with Crippen LogP contribution in [0.4, 0.5) is 0 Å². The summed E-state index contributed by atoms with van der Waals surface area (Å²) in [6.45, 7) is 2.74. The highest BCUT2D eigenvalue weighted by atomic mass is 16.5. The number of esters is 2. The van der Waals surface area contributed by atoms with Gasteiger partial charge in [0.25, 0.3) is 0 Å². The predicted molar refractivity (Wildman–Crippen MR) is 111 cm³/mol. The zero-order valence-corrected chi connectivity index (χ0v) is 17.0. The maximum Gasteiger partial charge on any atom is 0.323 e. The van der Waals surface area contributed by atoms with E-state index in [2.05, 4.69) is 35.8 Å². The van der Waals surface area contributed by atoms with Crippen molar-refractivity contribution in [3.8, 4) is 0 Å². The fourth-order valence-corrected chi connectivity index (χ4v) is 4.84. The Morgan fingerprint density at radius 1 is 1.00 bits per heavy atom. The van der Waals surface area contributed by atoms with Gasteiger partial charge in [-0.2, -0.15) is 0 Å². The molecule has 0 radical (unpaired) electrons. The first-order valence-electron chi connectivity index (χ1n) is 9.82. The van der Waals surface area contributed by atoms with E-state index in [1.165, 1.54) is 25.2 Å². The molecule has 1 aromatic heterocycles. The van der Waals surface area contributed by atoms with Crippen molar-refractivity contribution < 1.29 is 19.1 Å². The molecule has 1 aliphatic carbocycles. The van der Waals surface area contributed by atoms with Gasteiger partial charge in [-0.1, -0.05) is 55.5 Å². The summed E-state index contributed by atoms with van der Waals surface area (Å²) in [6, 6.07) is 18.5. The standard InChI is InChI=1S/C24H25NO4/c1-16-13-24(22(26)28-2,23(27)29-3)14-20-21(16)18-11-7-8-12-19(18)25(20)15-17-9-5-4-6-10-17/h4-12,16H,13-15H2,1-3H3. The molecule has 1 aliphatic rings. The van der Waals surface area contributed by atoms with Crippen molar-refractivity contribution >= 4 is 22.8 Å². The van der Waals surface area contributed by atoms with Crippen molar-refractivity contribution in [3.05, 3.63) is 71.4 Å². The van der Waals surface area contributed by atoms with E-state index in [9.17, 15) is 9.59 Å². The molecule has 0 fully saturated rings. The first-order valence-corrected chi connectivity index (χ1v) is 9.82. The molecule has 2 aromatic carbocycles. The molecule has 4 rings (SSSR count). The number of para-hydroxylation sites is 1. The van der Waals surface area contributed by atoms with Gasteiger partial charge in [0, 0.05) is 29.6 Å². The smallest absolute Gasteiger partial charge is 0.323 e. The molecule has 0 bridgehead atoms. The number of carbonyl (C=O) groups excluding carboxylic acids is 2. The fourth-order valence-electron chi connectivity index (χ4n) is 4.84. The number of carbonyl (C=O) groups is 2. The van der Waals surface area contributed by atoms with Crippen LogP contribution in [0.1, 0.15) is 36.1 Å². The lowest BCUT2D eigenvalue weighted by Crippen LogP contribution is -2.46. The number of fused-ring (bicyclic) bond motifs is 3. The third-order valence-corrected chi connectivity index (χ3v) is 6.07. The summed E-state index contributed by atoms with van der Waals surface area (Å²) in [5.41, 5.74) is 3.16. The Labute approximate surface area is 170 Å². The highest BCUT2D eigenvalue weighted by Gasteiger charge is 2.53. The lowest BCUT2D eigenvalue weighted by molar-refractivity contribution is -0.170. The zero-order valence-electron chi connectivity index (χ0n) is 17.0. The lowest BCUT2D eigenvalue weighted by Gasteiger charge is -2.36. The van der Waals surface area contributed by atoms with Crippen LogP contribution >= 0.6 is 0 Å². The normalized spacial score (nSPS) is 17.6. The van der Waals surface area contributed by atoms with E-state index >= 15 is 0 Å². The van der Waals surface area contributed by atoms with E-state index in [1.54, 1.807) is 0 Å². The van der Waals surface area contributed by atoms with Crippen LogP contribution in [0.25, 0.3) is 10.9 Å². The van der Waals surface area contributed by atoms with Gasteiger partial charge in [-0.3, -0.25) is 9.59 Å². The minimum atomic E-state index is -1.32. The van der Waals surface area contributed by atoms with Gasteiger partial charge in [0.15, 0.2) is 5.41 Å². The maximum atomic E-state index is 12.8. The topological polar surface area (TPSA) is 57.5 Å². The van der Waals surface area contributed by atoms with Crippen LogP contribution in [0, 0.1) is 5.41 Å². The van der Waals surface area contributed by atoms with Gasteiger partial charge in [-0.05, 0) is 29.5 Å². The average Bonchev–Trinajstić information content (AvgIpc) is 3.07. The first kappa shape index (κ1) is 19.2. The van der Waals surface area contributed by atoms with Crippen molar-refractivity contribution in [1.29, 1.82) is 0 Å². The van der Waals surface area contributed by atoms with Crippen molar-refractivity contribution in [2.24, 2.45) is 5.41 Å². The Morgan fingerprint density at radius 2 is 1.62 bits per heavy atom. The fraction of sp³-hybridized carbons (Fsp3) is 0.333. The number of benzene rings is 2. The number of ether oxygens (including phenoxy) is 2. The highest BCUT2D eigenvalue weighted by molar-refractivity contribution is 6.01. The predicted octanol–water partition coefficient (Wildman–Crippen LogP) is 4.07. The molecule has 5 heteroatoms. The van der Waals surface area contributed by atoms with Gasteiger partial charge >= 0.3 is 11.9 Å². The average molecular weight is 391 g/mol. The Kier molecular flexibility index (Phi) is 4.91. The maximum absolute atomic E-state index is 12.8. The van der Waals surface area contributed by atoms with Crippen LogP contribution in [-0.4, -0.2) is 30.7 Å². The molecule has 0 spiro atoms. The number of methoxy groups -OCH3 is 2. The second-order valence-corrected chi connectivity index (χ2v) is 7.80. The van der Waals surface area contributed by atoms with Crippen LogP contribution in [0.5, 0.6) is 0 Å². The van der Waals surface area contributed by atoms with Gasteiger partial charge in [0.05, 0.1) is 14.2 Å². The van der Waals surface area contributed by atoms with Crippen LogP contribution in [0.2, 0.25) is 0 Å². The molecule has 0 saturated heterocycles. The highest BCUT2D eigenvalue weighted by Crippen LogP contribution is 2.47. The number of rotatable bonds is 4. The summed E-state index contributed by atoms with van der Waals surface area (Å²) in [7, 11) is 2.65. The second-order valence-electron chi connectivity index (χ2n) is 7.80. The molecule has 0 amide bonds. The molecular formula is C24H25NO4. The van der Waals surface area contributed by atoms with E-state index in [-0.39, 0.29) is 12.3 Å². The monoisotopic (exact) mass is 391 g/mol. The Hall–Kier alpha value is -3.08. The van der Waals surface area contributed by atoms with Crippen molar-refractivity contribution in [2.45, 2.75) is 32.2 Å². The SMILES string of the molecule is COC(=O)C1(C(=O)OC)Cc2c(c3ccccc3n2Cc2ccccc2)C(C)C1. The minimum absolute atomic E-state index is 0.0128. The second kappa shape index (κ2) is 7.39. The van der Waals surface area contributed by atoms with Crippen molar-refractivity contribution in [1.82, 2.24) is 4.57 Å². The third-order valence-electron chi connectivity index (χ3n) is 6.07. The molecule has 0 N–H and O–H groups in total. The number of hydrogen-bond donors (Lipinski definition) is 0. The van der Waals surface area contributed by atoms with Crippen molar-refractivity contribution in [3.63, 3.8) is 0 Å². The number of aromatic nitrogens is 1. The minimum Gasteiger partial charge on any atom is -0.468 e. The van der Waals surface area contributed by atoms with Crippen LogP contribution in [0.15, 0.2) is 54.6 Å². The van der Waals surface area contributed by atoms with Gasteiger partial charge in [-0.25, -0.2) is 0 Å². The molecule has 5 nitrogen and oxygen atoms in total. The van der Waals surface area contributed by atoms with Crippen LogP contribution in [0.3, 0.4) is 0 Å². The van der Waals surface area contributed by atoms with Crippen LogP contribution in [-0.2, 0) is 32.0 Å². The summed E-state index contributed by atoms with van der Waals surface area (Å²) < 4.78 is 12.4. The number of nitrogens with zero attached hydrogens (tertiary/aromatic N) is 1. The lowest BCUT2D eigenvalue weighted by atomic mass is 9.68. The van der Waals surface area contributed by atoms with E-state index in [4.69, 9.17) is 9.47 Å². The van der Waals surface area contributed by atoms with Gasteiger partial charge in [0.2, 0.25) is 0 Å². The van der Waals surface area contributed by atoms with Gasteiger partial charge < -0.3 is 14.0 Å². The van der Waals surface area contributed by atoms with E-state index in [0.717, 1.165) is 16.8 Å². The van der Waals surface area contributed by atoms with Gasteiger partial charge in [0.1, 0.15) is 0 Å². The number of hydrogen-bond acceptors (Lipinski definition) is 4. The Morgan fingerprint density at radius 3 is 2.28 bits per heavy atom. The molecule has 1 atom stereocenters. The largest absolute Gasteiger partial charge is 0.468 e. The summed E-state index contributed by atoms with van der Waals surface area (Å²) in [5, 5.41) is 1.18. The summed E-state index contributed by atoms with van der Waals surface area (Å²) in [6.07, 6.45) is 0.645. The molecular weight excluding hydrogens is 366 g/mol. The van der Waals surface area contributed by atoms with Crippen LogP contribution < -0.4 is 0 Å². The van der Waals surface area contributed by atoms with Crippen molar-refractivity contribution in [2.75, 3.05) is 14.2 Å². The van der Waals surface area contributed by atoms with E-state index in [0.29, 0.717) is 13.0 Å². The summed E-state index contributed by atoms with van der Waals surface area (Å²) in [4.78, 5) is 25.6. The summed E-state index contributed by atoms with van der Waals surface area (Å²) in [5.74, 6) is -1.05. The molecule has 1 heterocycles. The molecule has 0 saturated carbocycles. The quantitative estimate of drug-likeness (QED) is 0.497. The van der Waals surface area contributed by atoms with Gasteiger partial charge in [-0.15, -0.1) is 0 Å².